The standard InChI is InChI=1S/C15H20N2O.C14H15N3.C13H19N2.C12H22N2O.C11H20N2O.C10H21N2.C6H12N2.2BrH/c18-15(10-12-4-2-1-3-5-12)16-14-11-17-8-6-13(14)7-9-17;15-9-13-7-4-8-14(10-16)17(13)11-12-5-2-1-3-6-12;1-2-4-13(5-3-1)12-15-9-6-14(7-10-15)8-11-15;1-2-3-4-12(15)13-11-9-14-7-5-10(11)6-8-14;1-2-3-11(14)12-10-8-13-6-4-9(10)5-7-13;1-2-3-7-12-8-4-11(5-9-12)6-10-12;1-2-8-5-3-7(1)4-6-8;;/h1-5,13-14H,6-11H2,(H,16,18);1-3,5-6,13-14H,4,7-8,11H2;1-5H,6-12H2;10-11H,2-9H2,1H3,(H,13,15);9-10H,2-8H2,1H3,(H,12,14);2-10H2,1H3;1-6H2;2*1H/q;;+1;;;+1;;;/p-2. The van der Waals surface area contributed by atoms with Gasteiger partial charge in [-0.3, -0.25) is 38.9 Å². The van der Waals surface area contributed by atoms with Gasteiger partial charge in [-0.05, 0) is 145 Å². The summed E-state index contributed by atoms with van der Waals surface area (Å²) in [6, 6.07) is 36.6. The quantitative estimate of drug-likeness (QED) is 0.169. The second-order valence-corrected chi connectivity index (χ2v) is 31.4. The van der Waals surface area contributed by atoms with Crippen LogP contribution in [0.3, 0.4) is 0 Å². The molecule has 0 spiro atoms. The molecule has 19 aliphatic heterocycles. The molecule has 20 heteroatoms. The van der Waals surface area contributed by atoms with E-state index >= 15 is 0 Å². The molecule has 19 fully saturated rings. The van der Waals surface area contributed by atoms with Crippen LogP contribution in [0.25, 0.3) is 0 Å². The number of carbonyl (C=O) groups excluding carboxylic acids is 3. The van der Waals surface area contributed by atoms with Crippen LogP contribution in [0.5, 0.6) is 0 Å². The average molecular weight is 1520 g/mol. The van der Waals surface area contributed by atoms with Gasteiger partial charge in [-0.2, -0.15) is 10.5 Å². The number of rotatable bonds is 17. The van der Waals surface area contributed by atoms with E-state index in [1.54, 1.807) is 0 Å². The van der Waals surface area contributed by atoms with Crippen molar-refractivity contribution in [2.24, 2.45) is 17.8 Å². The van der Waals surface area contributed by atoms with Crippen LogP contribution in [0.15, 0.2) is 91.0 Å². The maximum Gasteiger partial charge on any atom is 0.224 e. The van der Waals surface area contributed by atoms with E-state index in [1.807, 2.05) is 65.6 Å². The number of benzene rings is 3. The van der Waals surface area contributed by atoms with Gasteiger partial charge in [0, 0.05) is 141 Å². The minimum Gasteiger partial charge on any atom is -1.00 e. The lowest BCUT2D eigenvalue weighted by atomic mass is 9.84. The zero-order valence-corrected chi connectivity index (χ0v) is 65.5. The van der Waals surface area contributed by atoms with E-state index in [4.69, 9.17) is 10.5 Å². The predicted molar refractivity (Wildman–Crippen MR) is 398 cm³/mol. The summed E-state index contributed by atoms with van der Waals surface area (Å²) in [5.74, 6) is 2.87. The van der Waals surface area contributed by atoms with Gasteiger partial charge in [0.1, 0.15) is 6.54 Å². The molecule has 3 aromatic rings. The van der Waals surface area contributed by atoms with Crippen molar-refractivity contribution < 1.29 is 57.3 Å². The van der Waals surface area contributed by atoms with Gasteiger partial charge in [-0.15, -0.1) is 0 Å². The maximum atomic E-state index is 12.0. The number of fused-ring (bicyclic) bond motifs is 18. The third-order valence-electron chi connectivity index (χ3n) is 24.6. The van der Waals surface area contributed by atoms with Gasteiger partial charge in [0.25, 0.3) is 0 Å². The van der Waals surface area contributed by atoms with Gasteiger partial charge in [0.2, 0.25) is 17.7 Å². The van der Waals surface area contributed by atoms with Crippen LogP contribution in [0.2, 0.25) is 0 Å². The summed E-state index contributed by atoms with van der Waals surface area (Å²) < 4.78 is 2.78. The average Bonchev–Trinajstić information content (AvgIpc) is 0.646. The third-order valence-corrected chi connectivity index (χ3v) is 24.6. The highest BCUT2D eigenvalue weighted by Gasteiger charge is 2.41. The summed E-state index contributed by atoms with van der Waals surface area (Å²) in [7, 11) is 0. The topological polar surface area (TPSA) is 161 Å². The summed E-state index contributed by atoms with van der Waals surface area (Å²) >= 11 is 0. The van der Waals surface area contributed by atoms with Gasteiger partial charge in [0.15, 0.2) is 0 Å². The number of piperazine rings is 9. The van der Waals surface area contributed by atoms with Crippen molar-refractivity contribution in [3.63, 3.8) is 0 Å². The lowest BCUT2D eigenvalue weighted by Crippen LogP contribution is -3.00. The van der Waals surface area contributed by atoms with Crippen molar-refractivity contribution in [3.05, 3.63) is 108 Å². The van der Waals surface area contributed by atoms with Crippen molar-refractivity contribution in [2.75, 3.05) is 183 Å². The molecule has 3 N–H and O–H groups in total. The number of hydrogen-bond acceptors (Lipinski definition) is 13. The largest absolute Gasteiger partial charge is 1.00 e. The van der Waals surface area contributed by atoms with Gasteiger partial charge >= 0.3 is 0 Å². The molecule has 0 aliphatic carbocycles. The number of quaternary nitrogens is 2. The summed E-state index contributed by atoms with van der Waals surface area (Å²) in [5.41, 5.74) is 3.76. The van der Waals surface area contributed by atoms with E-state index in [-0.39, 0.29) is 63.8 Å². The molecule has 12 bridgehead atoms. The molecule has 19 aliphatic rings. The number of piperidine rings is 10. The summed E-state index contributed by atoms with van der Waals surface area (Å²) in [6.07, 6.45) is 18.1. The molecule has 101 heavy (non-hydrogen) atoms. The van der Waals surface area contributed by atoms with Crippen molar-refractivity contribution >= 4 is 17.7 Å². The Morgan fingerprint density at radius 1 is 0.406 bits per heavy atom. The normalized spacial score (nSPS) is 33.0. The smallest absolute Gasteiger partial charge is 0.224 e. The van der Waals surface area contributed by atoms with E-state index in [2.05, 4.69) is 113 Å². The molecule has 3 aromatic carbocycles. The van der Waals surface area contributed by atoms with Crippen LogP contribution in [0, 0.1) is 40.4 Å². The summed E-state index contributed by atoms with van der Waals surface area (Å²) in [5, 5.41) is 27.9. The van der Waals surface area contributed by atoms with Gasteiger partial charge in [-0.1, -0.05) is 125 Å². The first kappa shape index (κ1) is 82.3. The highest BCUT2D eigenvalue weighted by molar-refractivity contribution is 5.79. The number of halogens is 2. The predicted octanol–water partition coefficient (Wildman–Crippen LogP) is 2.17. The van der Waals surface area contributed by atoms with E-state index in [0.29, 0.717) is 49.9 Å². The first-order chi connectivity index (χ1) is 48.4. The first-order valence-corrected chi connectivity index (χ1v) is 39.7. The number of carbonyl (C=O) groups is 3. The van der Waals surface area contributed by atoms with Crippen LogP contribution in [-0.2, 0) is 33.9 Å². The van der Waals surface area contributed by atoms with Gasteiger partial charge < -0.3 is 73.6 Å². The fraction of sp³-hybridized carbons (Fsp3) is 0.716. The Morgan fingerprint density at radius 3 is 1.12 bits per heavy atom. The minimum atomic E-state index is -0.117. The first-order valence-electron chi connectivity index (χ1n) is 39.7. The molecule has 0 aromatic heterocycles. The fourth-order valence-corrected chi connectivity index (χ4v) is 17.9. The van der Waals surface area contributed by atoms with Crippen LogP contribution >= 0.6 is 0 Å². The highest BCUT2D eigenvalue weighted by atomic mass is 79.9. The molecule has 19 saturated heterocycles. The number of nitriles is 2. The zero-order valence-electron chi connectivity index (χ0n) is 62.4. The lowest BCUT2D eigenvalue weighted by molar-refractivity contribution is -0.953. The Balaban J connectivity index is 0.000000151. The molecule has 3 amide bonds. The Bertz CT molecular complexity index is 2840. The van der Waals surface area contributed by atoms with Crippen LogP contribution in [0.4, 0.5) is 0 Å². The van der Waals surface area contributed by atoms with E-state index < -0.39 is 0 Å². The Kier molecular flexibility index (Phi) is 35.3. The molecule has 0 saturated carbocycles. The third kappa shape index (κ3) is 26.0. The number of hydrogen-bond donors (Lipinski definition) is 3. The van der Waals surface area contributed by atoms with Crippen LogP contribution in [0.1, 0.15) is 140 Å². The van der Waals surface area contributed by atoms with Crippen molar-refractivity contribution in [2.45, 2.75) is 173 Å². The number of unbranched alkanes of at least 4 members (excludes halogenated alkanes) is 2. The molecule has 19 heterocycles. The maximum absolute atomic E-state index is 12.0. The van der Waals surface area contributed by atoms with E-state index in [0.717, 1.165) is 81.1 Å². The molecule has 0 radical (unpaired) electrons. The Labute approximate surface area is 630 Å². The van der Waals surface area contributed by atoms with E-state index in [9.17, 15) is 14.4 Å². The van der Waals surface area contributed by atoms with Crippen LogP contribution in [-0.4, -0.2) is 279 Å². The molecule has 5 atom stereocenters. The Hall–Kier alpha value is -4.39. The van der Waals surface area contributed by atoms with E-state index in [1.165, 1.54) is 236 Å². The van der Waals surface area contributed by atoms with Gasteiger partial charge in [-0.25, -0.2) is 0 Å². The summed E-state index contributed by atoms with van der Waals surface area (Å²) in [4.78, 5) is 54.8. The molecule has 18 nitrogen and oxygen atoms in total. The Morgan fingerprint density at radius 2 is 0.762 bits per heavy atom. The lowest BCUT2D eigenvalue weighted by Gasteiger charge is -2.50. The minimum absolute atomic E-state index is 0. The second-order valence-electron chi connectivity index (χ2n) is 31.4. The highest BCUT2D eigenvalue weighted by Crippen LogP contribution is 2.31. The monoisotopic (exact) mass is 1520 g/mol. The zero-order chi connectivity index (χ0) is 69.1. The van der Waals surface area contributed by atoms with Gasteiger partial charge in [0.05, 0.1) is 76.5 Å². The molecule has 5 unspecified atom stereocenters. The van der Waals surface area contributed by atoms with Crippen LogP contribution < -0.4 is 49.9 Å². The fourth-order valence-electron chi connectivity index (χ4n) is 17.9. The second kappa shape index (κ2) is 43.3. The molecule has 560 valence electrons. The number of likely N-dealkylation sites (tertiary alicyclic amines) is 1. The molecular weight excluding hydrogens is 1390 g/mol. The van der Waals surface area contributed by atoms with Crippen molar-refractivity contribution in [1.29, 1.82) is 10.5 Å². The SMILES string of the molecule is C1CN2CCN1CC2.CCCC(=O)NC1CN2CCC1CC2.CCCCC(=O)NC1CN2CCC1CC2.CCCC[N+]12CCN(CC1)CC2.N#CC1CCCC(C#N)N1Cc1ccccc1.O=C(Cc1ccccc1)NC1CN2CCC1CC2.[Br-].[Br-].c1ccc(C[N+]23CCN(CC2)CC3)cc1. The summed E-state index contributed by atoms with van der Waals surface area (Å²) in [6.45, 7) is 44.8. The molecular formula is C81H129Br2N15O3. The number of amides is 3. The van der Waals surface area contributed by atoms with Crippen molar-refractivity contribution in [3.8, 4) is 12.1 Å². The van der Waals surface area contributed by atoms with Crippen molar-refractivity contribution in [1.82, 2.24) is 55.1 Å². The molecule has 22 rings (SSSR count). The number of nitrogens with one attached hydrogen (secondary N) is 3. The number of nitrogens with zero attached hydrogens (tertiary/aromatic N) is 12.